The molecule has 2 heterocycles. The summed E-state index contributed by atoms with van der Waals surface area (Å²) in [5, 5.41) is 5.84. The van der Waals surface area contributed by atoms with Gasteiger partial charge in [-0.2, -0.15) is 0 Å². The Morgan fingerprint density at radius 1 is 1.17 bits per heavy atom. The van der Waals surface area contributed by atoms with Gasteiger partial charge in [0.1, 0.15) is 30.1 Å². The zero-order chi connectivity index (χ0) is 12.5. The second kappa shape index (κ2) is 4.18. The summed E-state index contributed by atoms with van der Waals surface area (Å²) in [4.78, 5) is 11.8. The maximum Gasteiger partial charge on any atom is 0.247 e. The van der Waals surface area contributed by atoms with E-state index in [4.69, 9.17) is 4.42 Å². The predicted octanol–water partition coefficient (Wildman–Crippen LogP) is 2.39. The van der Waals surface area contributed by atoms with Crippen LogP contribution in [-0.4, -0.2) is 11.9 Å². The molecule has 0 saturated carbocycles. The highest BCUT2D eigenvalue weighted by atomic mass is 19.1. The van der Waals surface area contributed by atoms with Crippen LogP contribution in [0.1, 0.15) is 5.56 Å². The minimum atomic E-state index is -0.374. The first-order valence-corrected chi connectivity index (χ1v) is 5.60. The number of carbonyl (C=O) groups excluding carboxylic acids is 1. The maximum absolute atomic E-state index is 12.8. The molecule has 1 unspecified atom stereocenters. The minimum Gasteiger partial charge on any atom is -0.468 e. The van der Waals surface area contributed by atoms with Crippen molar-refractivity contribution in [1.82, 2.24) is 0 Å². The summed E-state index contributed by atoms with van der Waals surface area (Å²) in [5.41, 5.74) is 2.31. The number of halogens is 1. The molecule has 3 rings (SSSR count). The normalized spacial score (nSPS) is 17.8. The van der Waals surface area contributed by atoms with Gasteiger partial charge in [0.25, 0.3) is 0 Å². The van der Waals surface area contributed by atoms with Gasteiger partial charge in [0.15, 0.2) is 0 Å². The number of furan rings is 1. The highest BCUT2D eigenvalue weighted by Gasteiger charge is 2.26. The smallest absolute Gasteiger partial charge is 0.247 e. The third-order valence-electron chi connectivity index (χ3n) is 2.92. The molecule has 18 heavy (non-hydrogen) atoms. The summed E-state index contributed by atoms with van der Waals surface area (Å²) in [6.07, 6.45) is 3.53. The van der Waals surface area contributed by atoms with Gasteiger partial charge in [0, 0.05) is 6.42 Å². The minimum absolute atomic E-state index is 0.117. The van der Waals surface area contributed by atoms with Gasteiger partial charge in [-0.05, 0) is 17.7 Å². The molecule has 0 aliphatic carbocycles. The standard InChI is InChI=1S/C13H11FN2O2/c14-9-3-1-8(2-4-9)5-10-13(17)16-12-7-18-6-11(12)15-10/h1-4,6-7,10,15H,5H2,(H,16,17). The van der Waals surface area contributed by atoms with E-state index in [1.165, 1.54) is 18.4 Å². The van der Waals surface area contributed by atoms with E-state index < -0.39 is 0 Å². The molecule has 1 amide bonds. The molecule has 0 spiro atoms. The van der Waals surface area contributed by atoms with Gasteiger partial charge in [0.2, 0.25) is 5.91 Å². The lowest BCUT2D eigenvalue weighted by molar-refractivity contribution is -0.117. The lowest BCUT2D eigenvalue weighted by atomic mass is 10.0. The van der Waals surface area contributed by atoms with E-state index in [9.17, 15) is 9.18 Å². The summed E-state index contributed by atoms with van der Waals surface area (Å²) in [7, 11) is 0. The van der Waals surface area contributed by atoms with E-state index in [0.29, 0.717) is 12.1 Å². The molecule has 0 radical (unpaired) electrons. The SMILES string of the molecule is O=C1Nc2cocc2NC1Cc1ccc(F)cc1. The number of nitrogens with one attached hydrogen (secondary N) is 2. The van der Waals surface area contributed by atoms with Crippen molar-refractivity contribution in [3.63, 3.8) is 0 Å². The van der Waals surface area contributed by atoms with Gasteiger partial charge < -0.3 is 15.1 Å². The van der Waals surface area contributed by atoms with Gasteiger partial charge in [-0.15, -0.1) is 0 Å². The van der Waals surface area contributed by atoms with Crippen molar-refractivity contribution in [3.8, 4) is 0 Å². The average molecular weight is 246 g/mol. The Bertz CT molecular complexity index is 577. The van der Waals surface area contributed by atoms with Crippen molar-refractivity contribution >= 4 is 17.3 Å². The van der Waals surface area contributed by atoms with Crippen LogP contribution >= 0.6 is 0 Å². The van der Waals surface area contributed by atoms with Crippen LogP contribution in [0.2, 0.25) is 0 Å². The van der Waals surface area contributed by atoms with Crippen molar-refractivity contribution in [2.45, 2.75) is 12.5 Å². The first kappa shape index (κ1) is 10.8. The van der Waals surface area contributed by atoms with Crippen molar-refractivity contribution in [1.29, 1.82) is 0 Å². The Morgan fingerprint density at radius 2 is 1.89 bits per heavy atom. The van der Waals surface area contributed by atoms with Gasteiger partial charge >= 0.3 is 0 Å². The molecule has 0 saturated heterocycles. The molecular formula is C13H11FN2O2. The van der Waals surface area contributed by atoms with Gasteiger partial charge in [-0.25, -0.2) is 4.39 Å². The number of anilines is 2. The van der Waals surface area contributed by atoms with Crippen molar-refractivity contribution in [2.24, 2.45) is 0 Å². The van der Waals surface area contributed by atoms with E-state index in [-0.39, 0.29) is 17.8 Å². The van der Waals surface area contributed by atoms with Gasteiger partial charge in [-0.3, -0.25) is 4.79 Å². The zero-order valence-electron chi connectivity index (χ0n) is 9.44. The Balaban J connectivity index is 1.78. The van der Waals surface area contributed by atoms with Gasteiger partial charge in [-0.1, -0.05) is 12.1 Å². The monoisotopic (exact) mass is 246 g/mol. The summed E-state index contributed by atoms with van der Waals surface area (Å²) in [6.45, 7) is 0. The lowest BCUT2D eigenvalue weighted by Gasteiger charge is -2.23. The molecule has 0 fully saturated rings. The van der Waals surface area contributed by atoms with Crippen LogP contribution in [0.15, 0.2) is 41.2 Å². The second-order valence-corrected chi connectivity index (χ2v) is 4.22. The van der Waals surface area contributed by atoms with E-state index >= 15 is 0 Å². The van der Waals surface area contributed by atoms with E-state index in [1.54, 1.807) is 18.4 Å². The molecule has 1 aromatic heterocycles. The molecule has 2 aromatic rings. The number of hydrogen-bond acceptors (Lipinski definition) is 3. The maximum atomic E-state index is 12.8. The second-order valence-electron chi connectivity index (χ2n) is 4.22. The highest BCUT2D eigenvalue weighted by Crippen LogP contribution is 2.28. The van der Waals surface area contributed by atoms with Crippen LogP contribution in [0.3, 0.4) is 0 Å². The number of rotatable bonds is 2. The highest BCUT2D eigenvalue weighted by molar-refractivity contribution is 6.02. The van der Waals surface area contributed by atoms with Crippen LogP contribution in [0.25, 0.3) is 0 Å². The third kappa shape index (κ3) is 1.95. The topological polar surface area (TPSA) is 54.3 Å². The Hall–Kier alpha value is -2.30. The fourth-order valence-electron chi connectivity index (χ4n) is 1.98. The largest absolute Gasteiger partial charge is 0.468 e. The van der Waals surface area contributed by atoms with Crippen LogP contribution in [0.5, 0.6) is 0 Å². The van der Waals surface area contributed by atoms with Crippen LogP contribution in [0.4, 0.5) is 15.8 Å². The van der Waals surface area contributed by atoms with E-state index in [2.05, 4.69) is 10.6 Å². The molecule has 1 aromatic carbocycles. The summed E-state index contributed by atoms with van der Waals surface area (Å²) in [5.74, 6) is -0.398. The quantitative estimate of drug-likeness (QED) is 0.855. The fourth-order valence-corrected chi connectivity index (χ4v) is 1.98. The lowest BCUT2D eigenvalue weighted by Crippen LogP contribution is -2.39. The summed E-state index contributed by atoms with van der Waals surface area (Å²) >= 11 is 0. The summed E-state index contributed by atoms with van der Waals surface area (Å²) in [6, 6.07) is 5.75. The first-order chi connectivity index (χ1) is 8.72. The van der Waals surface area contributed by atoms with Crippen molar-refractivity contribution < 1.29 is 13.6 Å². The number of hydrogen-bond donors (Lipinski definition) is 2. The molecule has 1 aliphatic rings. The molecule has 1 aliphatic heterocycles. The Morgan fingerprint density at radius 3 is 2.67 bits per heavy atom. The van der Waals surface area contributed by atoms with E-state index in [1.807, 2.05) is 0 Å². The zero-order valence-corrected chi connectivity index (χ0v) is 9.44. The van der Waals surface area contributed by atoms with E-state index in [0.717, 1.165) is 11.3 Å². The van der Waals surface area contributed by atoms with Crippen LogP contribution in [0, 0.1) is 5.82 Å². The summed E-state index contributed by atoms with van der Waals surface area (Å²) < 4.78 is 17.8. The number of amides is 1. The number of fused-ring (bicyclic) bond motifs is 1. The third-order valence-corrected chi connectivity index (χ3v) is 2.92. The van der Waals surface area contributed by atoms with Gasteiger partial charge in [0.05, 0.1) is 5.69 Å². The Labute approximate surface area is 103 Å². The number of carbonyl (C=O) groups is 1. The molecule has 1 atom stereocenters. The van der Waals surface area contributed by atoms with Crippen molar-refractivity contribution in [2.75, 3.05) is 10.6 Å². The molecular weight excluding hydrogens is 235 g/mol. The molecule has 0 bridgehead atoms. The molecule has 5 heteroatoms. The van der Waals surface area contributed by atoms with Crippen LogP contribution < -0.4 is 10.6 Å². The molecule has 2 N–H and O–H groups in total. The first-order valence-electron chi connectivity index (χ1n) is 5.60. The number of benzene rings is 1. The van der Waals surface area contributed by atoms with Crippen LogP contribution in [-0.2, 0) is 11.2 Å². The predicted molar refractivity (Wildman–Crippen MR) is 64.9 cm³/mol. The average Bonchev–Trinajstić information content (AvgIpc) is 2.79. The fraction of sp³-hybridized carbons (Fsp3) is 0.154. The molecule has 92 valence electrons. The Kier molecular flexibility index (Phi) is 2.51. The van der Waals surface area contributed by atoms with Crippen molar-refractivity contribution in [3.05, 3.63) is 48.2 Å². The molecule has 4 nitrogen and oxygen atoms in total.